The maximum atomic E-state index is 12.3. The van der Waals surface area contributed by atoms with Gasteiger partial charge < -0.3 is 14.8 Å². The van der Waals surface area contributed by atoms with Gasteiger partial charge in [-0.1, -0.05) is 12.8 Å². The van der Waals surface area contributed by atoms with Crippen molar-refractivity contribution in [3.63, 3.8) is 0 Å². The quantitative estimate of drug-likeness (QED) is 0.430. The first kappa shape index (κ1) is 21.5. The molecular weight excluding hydrogens is 384 g/mol. The lowest BCUT2D eigenvalue weighted by atomic mass is 10.1. The normalized spacial score (nSPS) is 11.2. The lowest BCUT2D eigenvalue weighted by Crippen LogP contribution is -2.29. The van der Waals surface area contributed by atoms with E-state index in [1.54, 1.807) is 7.05 Å². The van der Waals surface area contributed by atoms with Crippen LogP contribution in [-0.4, -0.2) is 46.6 Å². The minimum absolute atomic E-state index is 0.0495. The average Bonchev–Trinajstić information content (AvgIpc) is 2.69. The van der Waals surface area contributed by atoms with Crippen LogP contribution in [-0.2, 0) is 11.3 Å². The Morgan fingerprint density at radius 1 is 1.13 bits per heavy atom. The fourth-order valence-electron chi connectivity index (χ4n) is 3.68. The zero-order valence-electron chi connectivity index (χ0n) is 17.9. The summed E-state index contributed by atoms with van der Waals surface area (Å²) in [4.78, 5) is 48.3. The monoisotopic (exact) mass is 412 g/mol. The van der Waals surface area contributed by atoms with Crippen LogP contribution in [0.2, 0.25) is 0 Å². The molecule has 0 spiro atoms. The number of amides is 1. The van der Waals surface area contributed by atoms with Gasteiger partial charge in [-0.25, -0.2) is 9.78 Å². The summed E-state index contributed by atoms with van der Waals surface area (Å²) in [6.45, 7) is 2.60. The maximum absolute atomic E-state index is 12.3. The van der Waals surface area contributed by atoms with Crippen molar-refractivity contribution in [2.75, 3.05) is 26.0 Å². The summed E-state index contributed by atoms with van der Waals surface area (Å²) in [5.74, 6) is 0.351. The second-order valence-electron chi connectivity index (χ2n) is 7.67. The van der Waals surface area contributed by atoms with Crippen molar-refractivity contribution in [1.82, 2.24) is 24.8 Å². The number of fused-ring (bicyclic) bond motifs is 2. The van der Waals surface area contributed by atoms with Crippen LogP contribution in [0.1, 0.15) is 37.7 Å². The van der Waals surface area contributed by atoms with E-state index < -0.39 is 11.2 Å². The number of anilines is 1. The maximum Gasteiger partial charge on any atom is 0.349 e. The van der Waals surface area contributed by atoms with E-state index in [0.717, 1.165) is 42.5 Å². The van der Waals surface area contributed by atoms with E-state index in [2.05, 4.69) is 20.3 Å². The number of carbonyl (C=O) groups excluding carboxylic acids is 1. The molecule has 0 saturated heterocycles. The van der Waals surface area contributed by atoms with E-state index in [4.69, 9.17) is 0 Å². The van der Waals surface area contributed by atoms with Crippen molar-refractivity contribution in [2.24, 2.45) is 0 Å². The van der Waals surface area contributed by atoms with Gasteiger partial charge in [-0.15, -0.1) is 0 Å². The molecule has 1 amide bonds. The van der Waals surface area contributed by atoms with Crippen LogP contribution < -0.4 is 21.5 Å². The Bertz CT molecular complexity index is 1150. The van der Waals surface area contributed by atoms with Crippen LogP contribution in [0.15, 0.2) is 21.7 Å². The third kappa shape index (κ3) is 4.50. The van der Waals surface area contributed by atoms with Gasteiger partial charge in [0.05, 0.1) is 11.0 Å². The number of hydrogen-bond acceptors (Lipinski definition) is 6. The summed E-state index contributed by atoms with van der Waals surface area (Å²) in [5.41, 5.74) is 2.57. The van der Waals surface area contributed by atoms with Crippen LogP contribution in [0.3, 0.4) is 0 Å². The van der Waals surface area contributed by atoms with Gasteiger partial charge in [0.1, 0.15) is 0 Å². The lowest BCUT2D eigenvalue weighted by Gasteiger charge is -2.21. The molecule has 30 heavy (non-hydrogen) atoms. The number of nitrogens with one attached hydrogen (secondary N) is 2. The molecule has 0 aromatic heterocycles. The highest BCUT2D eigenvalue weighted by Crippen LogP contribution is 2.28. The Morgan fingerprint density at radius 2 is 1.87 bits per heavy atom. The summed E-state index contributed by atoms with van der Waals surface area (Å²) in [7, 11) is 5.58. The fourth-order valence-corrected chi connectivity index (χ4v) is 3.68. The van der Waals surface area contributed by atoms with Gasteiger partial charge >= 0.3 is 5.69 Å². The number of rotatable bonds is 8. The van der Waals surface area contributed by atoms with Crippen molar-refractivity contribution in [3.05, 3.63) is 38.5 Å². The molecule has 0 radical (unpaired) electrons. The molecule has 160 valence electrons. The summed E-state index contributed by atoms with van der Waals surface area (Å²) < 4.78 is 1.92. The number of unbranched alkanes of at least 4 members (excludes halogenated alkanes) is 3. The van der Waals surface area contributed by atoms with Crippen LogP contribution in [0.4, 0.5) is 5.69 Å². The minimum atomic E-state index is -0.673. The molecule has 0 fully saturated rings. The highest BCUT2D eigenvalue weighted by atomic mass is 16.2. The molecule has 2 heterocycles. The third-order valence-corrected chi connectivity index (χ3v) is 5.22. The number of benzene rings is 1. The Hall–Kier alpha value is -3.23. The highest BCUT2D eigenvalue weighted by molar-refractivity contribution is 5.84. The molecule has 3 rings (SSSR count). The van der Waals surface area contributed by atoms with Crippen LogP contribution in [0.25, 0.3) is 22.6 Å². The summed E-state index contributed by atoms with van der Waals surface area (Å²) in [6, 6.07) is 3.98. The molecule has 1 aromatic rings. The molecule has 0 unspecified atom stereocenters. The Morgan fingerprint density at radius 3 is 2.57 bits per heavy atom. The number of aryl methyl sites for hydroxylation is 2. The molecule has 0 atom stereocenters. The lowest BCUT2D eigenvalue weighted by molar-refractivity contribution is -0.120. The predicted molar refractivity (Wildman–Crippen MR) is 117 cm³/mol. The number of nitrogens with zero attached hydrogens (tertiary/aromatic N) is 4. The van der Waals surface area contributed by atoms with Crippen molar-refractivity contribution < 1.29 is 4.79 Å². The highest BCUT2D eigenvalue weighted by Gasteiger charge is 2.19. The van der Waals surface area contributed by atoms with Gasteiger partial charge in [-0.2, -0.15) is 4.98 Å². The van der Waals surface area contributed by atoms with E-state index in [1.807, 2.05) is 42.6 Å². The van der Waals surface area contributed by atoms with Crippen molar-refractivity contribution >= 4 is 22.6 Å². The van der Waals surface area contributed by atoms with E-state index in [9.17, 15) is 14.4 Å². The van der Waals surface area contributed by atoms with Crippen LogP contribution >= 0.6 is 0 Å². The average molecular weight is 412 g/mol. The largest absolute Gasteiger partial charge is 0.377 e. The van der Waals surface area contributed by atoms with Crippen molar-refractivity contribution in [1.29, 1.82) is 0 Å². The summed E-state index contributed by atoms with van der Waals surface area (Å²) >= 11 is 0. The summed E-state index contributed by atoms with van der Waals surface area (Å²) in [5, 5.41) is 2.63. The second kappa shape index (κ2) is 9.06. The van der Waals surface area contributed by atoms with E-state index in [0.29, 0.717) is 24.3 Å². The number of hydrogen-bond donors (Lipinski definition) is 2. The third-order valence-electron chi connectivity index (χ3n) is 5.22. The fraction of sp³-hybridized carbons (Fsp3) is 0.476. The van der Waals surface area contributed by atoms with Gasteiger partial charge in [0.15, 0.2) is 11.5 Å². The molecule has 2 aliphatic rings. The van der Waals surface area contributed by atoms with E-state index in [-0.39, 0.29) is 11.6 Å². The standard InChI is InChI=1S/C21H28N6O3/c1-13-11-14-16(12-15(13)26(3)4)27(10-8-6-5-7-9-17(28)22-2)19-18(23-14)20(29)25-21(30)24-19/h11-12H,5-10H2,1-4H3,(H,22,28)(H,25,29,30). The molecule has 9 heteroatoms. The van der Waals surface area contributed by atoms with Crippen LogP contribution in [0, 0.1) is 6.92 Å². The molecule has 2 N–H and O–H groups in total. The molecular formula is C21H28N6O3. The van der Waals surface area contributed by atoms with E-state index in [1.165, 1.54) is 0 Å². The zero-order valence-corrected chi connectivity index (χ0v) is 17.9. The van der Waals surface area contributed by atoms with Crippen molar-refractivity contribution in [3.8, 4) is 11.5 Å². The molecule has 0 saturated carbocycles. The topological polar surface area (TPSA) is 113 Å². The van der Waals surface area contributed by atoms with Gasteiger partial charge in [-0.3, -0.25) is 14.6 Å². The first-order valence-corrected chi connectivity index (χ1v) is 10.1. The smallest absolute Gasteiger partial charge is 0.349 e. The van der Waals surface area contributed by atoms with Gasteiger partial charge in [-0.05, 0) is 37.5 Å². The molecule has 2 aliphatic heterocycles. The molecule has 9 nitrogen and oxygen atoms in total. The Balaban J connectivity index is 1.98. The zero-order chi connectivity index (χ0) is 21.8. The van der Waals surface area contributed by atoms with Crippen molar-refractivity contribution in [2.45, 2.75) is 45.6 Å². The number of H-pyrrole nitrogens is 1. The first-order valence-electron chi connectivity index (χ1n) is 10.1. The van der Waals surface area contributed by atoms with Gasteiger partial charge in [0.2, 0.25) is 5.91 Å². The van der Waals surface area contributed by atoms with Gasteiger partial charge in [0, 0.05) is 39.8 Å². The molecule has 0 bridgehead atoms. The van der Waals surface area contributed by atoms with Crippen LogP contribution in [0.5, 0.6) is 0 Å². The number of aromatic nitrogens is 4. The predicted octanol–water partition coefficient (Wildman–Crippen LogP) is 1.66. The number of aromatic amines is 1. The molecule has 1 aromatic carbocycles. The SMILES string of the molecule is CNC(=O)CCCCCCn1c2nc(=O)[nH]c(=O)c-2nc2cc(C)c(N(C)C)cc21. The first-order chi connectivity index (χ1) is 14.3. The minimum Gasteiger partial charge on any atom is -0.377 e. The summed E-state index contributed by atoms with van der Waals surface area (Å²) in [6.07, 6.45) is 4.04. The van der Waals surface area contributed by atoms with E-state index >= 15 is 0 Å². The Kier molecular flexibility index (Phi) is 6.49. The Labute approximate surface area is 174 Å². The number of carbonyl (C=O) groups is 1. The van der Waals surface area contributed by atoms with Gasteiger partial charge in [0.25, 0.3) is 5.56 Å². The second-order valence-corrected chi connectivity index (χ2v) is 7.67. The molecule has 0 aliphatic carbocycles.